The summed E-state index contributed by atoms with van der Waals surface area (Å²) >= 11 is 3.62. The van der Waals surface area contributed by atoms with Crippen LogP contribution in [0.3, 0.4) is 0 Å². The molecule has 5 nitrogen and oxygen atoms in total. The molecular formula is C15H16BrN3O2. The molecule has 2 N–H and O–H groups in total. The molecule has 21 heavy (non-hydrogen) atoms. The molecule has 2 heterocycles. The predicted octanol–water partition coefficient (Wildman–Crippen LogP) is 3.53. The van der Waals surface area contributed by atoms with E-state index in [1.165, 1.54) is 24.9 Å². The van der Waals surface area contributed by atoms with Gasteiger partial charge < -0.3 is 10.0 Å². The summed E-state index contributed by atoms with van der Waals surface area (Å²) < 4.78 is 1.02. The van der Waals surface area contributed by atoms with Gasteiger partial charge in [0.05, 0.1) is 11.4 Å². The van der Waals surface area contributed by atoms with Crippen molar-refractivity contribution in [3.63, 3.8) is 0 Å². The van der Waals surface area contributed by atoms with Gasteiger partial charge in [-0.05, 0) is 53.4 Å². The number of piperidine rings is 1. The van der Waals surface area contributed by atoms with Crippen LogP contribution in [0, 0.1) is 0 Å². The second-order valence-electron chi connectivity index (χ2n) is 5.19. The molecule has 1 aliphatic rings. The van der Waals surface area contributed by atoms with Crippen molar-refractivity contribution in [2.45, 2.75) is 19.3 Å². The van der Waals surface area contributed by atoms with E-state index < -0.39 is 5.97 Å². The van der Waals surface area contributed by atoms with Gasteiger partial charge in [0.25, 0.3) is 0 Å². The number of carboxylic acids is 1. The highest BCUT2D eigenvalue weighted by Gasteiger charge is 2.15. The zero-order valence-corrected chi connectivity index (χ0v) is 13.1. The molecule has 1 aromatic heterocycles. The summed E-state index contributed by atoms with van der Waals surface area (Å²) in [7, 11) is 0. The summed E-state index contributed by atoms with van der Waals surface area (Å²) in [6.45, 7) is 2.17. The largest absolute Gasteiger partial charge is 0.477 e. The SMILES string of the molecule is O=C(O)c1cc(-c2ccc(N3CCCCC3)c(Br)c2)n[nH]1. The summed E-state index contributed by atoms with van der Waals surface area (Å²) in [6.07, 6.45) is 3.77. The van der Waals surface area contributed by atoms with E-state index in [4.69, 9.17) is 5.11 Å². The molecule has 0 spiro atoms. The number of hydrogen-bond acceptors (Lipinski definition) is 3. The molecule has 0 aliphatic carbocycles. The Bertz CT molecular complexity index is 663. The van der Waals surface area contributed by atoms with E-state index in [1.807, 2.05) is 12.1 Å². The van der Waals surface area contributed by atoms with Crippen LogP contribution < -0.4 is 4.90 Å². The molecule has 0 saturated carbocycles. The van der Waals surface area contributed by atoms with Crippen molar-refractivity contribution in [2.75, 3.05) is 18.0 Å². The van der Waals surface area contributed by atoms with Gasteiger partial charge in [-0.1, -0.05) is 6.07 Å². The maximum absolute atomic E-state index is 10.9. The Balaban J connectivity index is 1.87. The minimum atomic E-state index is -1.00. The summed E-state index contributed by atoms with van der Waals surface area (Å²) in [4.78, 5) is 13.3. The topological polar surface area (TPSA) is 69.2 Å². The summed E-state index contributed by atoms with van der Waals surface area (Å²) in [5.41, 5.74) is 2.82. The smallest absolute Gasteiger partial charge is 0.353 e. The molecule has 2 aromatic rings. The summed E-state index contributed by atoms with van der Waals surface area (Å²) in [5.74, 6) is -1.00. The van der Waals surface area contributed by atoms with Gasteiger partial charge in [-0.3, -0.25) is 5.10 Å². The highest BCUT2D eigenvalue weighted by molar-refractivity contribution is 9.10. The minimum Gasteiger partial charge on any atom is -0.477 e. The number of hydrogen-bond donors (Lipinski definition) is 2. The van der Waals surface area contributed by atoms with Crippen LogP contribution in [0.5, 0.6) is 0 Å². The van der Waals surface area contributed by atoms with Crippen LogP contribution >= 0.6 is 15.9 Å². The third-order valence-corrected chi connectivity index (χ3v) is 4.38. The van der Waals surface area contributed by atoms with E-state index >= 15 is 0 Å². The fraction of sp³-hybridized carbons (Fsp3) is 0.333. The molecular weight excluding hydrogens is 334 g/mol. The van der Waals surface area contributed by atoms with E-state index in [1.54, 1.807) is 6.07 Å². The van der Waals surface area contributed by atoms with Crippen LogP contribution in [0.4, 0.5) is 5.69 Å². The van der Waals surface area contributed by atoms with E-state index in [2.05, 4.69) is 37.1 Å². The number of H-pyrrole nitrogens is 1. The van der Waals surface area contributed by atoms with Crippen LogP contribution in [0.25, 0.3) is 11.3 Å². The monoisotopic (exact) mass is 349 g/mol. The Morgan fingerprint density at radius 3 is 2.62 bits per heavy atom. The predicted molar refractivity (Wildman–Crippen MR) is 84.7 cm³/mol. The summed E-state index contributed by atoms with van der Waals surface area (Å²) in [5, 5.41) is 15.5. The Labute approximate surface area is 131 Å². The molecule has 0 atom stereocenters. The Morgan fingerprint density at radius 1 is 1.24 bits per heavy atom. The van der Waals surface area contributed by atoms with Crippen molar-refractivity contribution in [3.8, 4) is 11.3 Å². The number of aromatic carboxylic acids is 1. The van der Waals surface area contributed by atoms with Crippen LogP contribution in [-0.4, -0.2) is 34.4 Å². The van der Waals surface area contributed by atoms with Crippen molar-refractivity contribution in [2.24, 2.45) is 0 Å². The van der Waals surface area contributed by atoms with Gasteiger partial charge in [0.2, 0.25) is 0 Å². The van der Waals surface area contributed by atoms with Crippen LogP contribution in [0.1, 0.15) is 29.8 Å². The number of halogens is 1. The highest BCUT2D eigenvalue weighted by Crippen LogP contribution is 2.32. The molecule has 6 heteroatoms. The van der Waals surface area contributed by atoms with Crippen LogP contribution in [0.2, 0.25) is 0 Å². The number of carbonyl (C=O) groups is 1. The minimum absolute atomic E-state index is 0.0984. The number of carboxylic acid groups (broad SMARTS) is 1. The summed E-state index contributed by atoms with van der Waals surface area (Å²) in [6, 6.07) is 7.59. The number of aromatic amines is 1. The molecule has 1 saturated heterocycles. The number of aromatic nitrogens is 2. The Kier molecular flexibility index (Phi) is 3.96. The number of nitrogens with zero attached hydrogens (tertiary/aromatic N) is 2. The Hall–Kier alpha value is -1.82. The Morgan fingerprint density at radius 2 is 2.00 bits per heavy atom. The lowest BCUT2D eigenvalue weighted by atomic mass is 10.1. The van der Waals surface area contributed by atoms with E-state index in [0.717, 1.165) is 23.1 Å². The average Bonchev–Trinajstić information content (AvgIpc) is 2.98. The van der Waals surface area contributed by atoms with E-state index in [9.17, 15) is 4.79 Å². The maximum atomic E-state index is 10.9. The molecule has 0 bridgehead atoms. The molecule has 110 valence electrons. The molecule has 1 aromatic carbocycles. The molecule has 3 rings (SSSR count). The highest BCUT2D eigenvalue weighted by atomic mass is 79.9. The van der Waals surface area contributed by atoms with Crippen LogP contribution in [-0.2, 0) is 0 Å². The first-order chi connectivity index (χ1) is 10.1. The lowest BCUT2D eigenvalue weighted by Gasteiger charge is -2.29. The third kappa shape index (κ3) is 2.95. The van der Waals surface area contributed by atoms with Gasteiger partial charge in [-0.15, -0.1) is 0 Å². The molecule has 1 aliphatic heterocycles. The lowest BCUT2D eigenvalue weighted by molar-refractivity contribution is 0.0690. The van der Waals surface area contributed by atoms with E-state index in [-0.39, 0.29) is 5.69 Å². The average molecular weight is 350 g/mol. The number of rotatable bonds is 3. The van der Waals surface area contributed by atoms with Crippen molar-refractivity contribution < 1.29 is 9.90 Å². The van der Waals surface area contributed by atoms with Crippen molar-refractivity contribution in [1.82, 2.24) is 10.2 Å². The number of benzene rings is 1. The van der Waals surface area contributed by atoms with Gasteiger partial charge in [0.15, 0.2) is 0 Å². The van der Waals surface area contributed by atoms with Gasteiger partial charge in [-0.25, -0.2) is 4.79 Å². The molecule has 0 unspecified atom stereocenters. The fourth-order valence-corrected chi connectivity index (χ4v) is 3.27. The quantitative estimate of drug-likeness (QED) is 0.889. The maximum Gasteiger partial charge on any atom is 0.353 e. The van der Waals surface area contributed by atoms with Crippen molar-refractivity contribution in [3.05, 3.63) is 34.4 Å². The number of nitrogens with one attached hydrogen (secondary N) is 1. The van der Waals surface area contributed by atoms with E-state index in [0.29, 0.717) is 5.69 Å². The first kappa shape index (κ1) is 14.1. The van der Waals surface area contributed by atoms with Crippen LogP contribution in [0.15, 0.2) is 28.7 Å². The van der Waals surface area contributed by atoms with Crippen molar-refractivity contribution in [1.29, 1.82) is 0 Å². The standard InChI is InChI=1S/C15H16BrN3O2/c16-11-8-10(12-9-13(15(20)21)18-17-12)4-5-14(11)19-6-2-1-3-7-19/h4-5,8-9H,1-3,6-7H2,(H,17,18)(H,20,21). The molecule has 1 fully saturated rings. The first-order valence-electron chi connectivity index (χ1n) is 6.99. The lowest BCUT2D eigenvalue weighted by Crippen LogP contribution is -2.29. The number of anilines is 1. The zero-order chi connectivity index (χ0) is 14.8. The first-order valence-corrected chi connectivity index (χ1v) is 7.78. The second kappa shape index (κ2) is 5.89. The van der Waals surface area contributed by atoms with Gasteiger partial charge in [0.1, 0.15) is 5.69 Å². The molecule has 0 amide bonds. The van der Waals surface area contributed by atoms with Gasteiger partial charge >= 0.3 is 5.97 Å². The van der Waals surface area contributed by atoms with Gasteiger partial charge in [0, 0.05) is 23.1 Å². The zero-order valence-electron chi connectivity index (χ0n) is 11.5. The molecule has 0 radical (unpaired) electrons. The third-order valence-electron chi connectivity index (χ3n) is 3.75. The second-order valence-corrected chi connectivity index (χ2v) is 6.04. The normalized spacial score (nSPS) is 15.2. The van der Waals surface area contributed by atoms with Gasteiger partial charge in [-0.2, -0.15) is 5.10 Å². The van der Waals surface area contributed by atoms with Crippen molar-refractivity contribution >= 4 is 27.6 Å². The fourth-order valence-electron chi connectivity index (χ4n) is 2.64.